The number of hydrogen-bond acceptors (Lipinski definition) is 8. The molecule has 1 aromatic rings. The summed E-state index contributed by atoms with van der Waals surface area (Å²) in [6, 6.07) is 0. The lowest BCUT2D eigenvalue weighted by atomic mass is 9.95. The summed E-state index contributed by atoms with van der Waals surface area (Å²) in [6.07, 6.45) is 3.55. The van der Waals surface area contributed by atoms with Gasteiger partial charge in [0, 0.05) is 12.4 Å². The van der Waals surface area contributed by atoms with E-state index in [0.717, 1.165) is 6.26 Å². The molecule has 0 radical (unpaired) electrons. The number of hydrogen-bond donors (Lipinski definition) is 0. The Hall–Kier alpha value is -1.74. The fraction of sp³-hybridized carbons (Fsp3) is 0.500. The van der Waals surface area contributed by atoms with Crippen LogP contribution in [0.3, 0.4) is 0 Å². The van der Waals surface area contributed by atoms with Gasteiger partial charge in [-0.15, -0.1) is 0 Å². The van der Waals surface area contributed by atoms with E-state index in [1.807, 2.05) is 0 Å². The molecule has 0 saturated heterocycles. The van der Waals surface area contributed by atoms with Crippen LogP contribution in [-0.4, -0.2) is 49.7 Å². The molecule has 1 aromatic heterocycles. The van der Waals surface area contributed by atoms with Crippen LogP contribution in [0, 0.1) is 5.92 Å². The monoisotopic (exact) mass is 285 g/mol. The van der Waals surface area contributed by atoms with Crippen LogP contribution in [0.4, 0.5) is 0 Å². The molecule has 0 bridgehead atoms. The standard InChI is InChI=1S/C10H11N3O5S/c1-19(14,15)17-5-7-6-4-16-10-9(8(6)13-18-7)11-2-3-12-10/h2-3,6-7H,4-5H2,1H3. The van der Waals surface area contributed by atoms with Crippen LogP contribution in [0.15, 0.2) is 17.5 Å². The van der Waals surface area contributed by atoms with Crippen LogP contribution < -0.4 is 4.74 Å². The first kappa shape index (κ1) is 12.3. The molecule has 19 heavy (non-hydrogen) atoms. The Morgan fingerprint density at radius 3 is 3.00 bits per heavy atom. The Kier molecular flexibility index (Phi) is 2.86. The smallest absolute Gasteiger partial charge is 0.264 e. The molecule has 0 spiro atoms. The Morgan fingerprint density at radius 1 is 1.42 bits per heavy atom. The van der Waals surface area contributed by atoms with E-state index in [2.05, 4.69) is 15.1 Å². The quantitative estimate of drug-likeness (QED) is 0.694. The maximum Gasteiger partial charge on any atom is 0.264 e. The summed E-state index contributed by atoms with van der Waals surface area (Å²) in [5.41, 5.74) is 1.15. The molecule has 0 aliphatic carbocycles. The molecule has 3 heterocycles. The van der Waals surface area contributed by atoms with Gasteiger partial charge in [0.05, 0.1) is 12.2 Å². The van der Waals surface area contributed by atoms with E-state index >= 15 is 0 Å². The van der Waals surface area contributed by atoms with Gasteiger partial charge in [-0.1, -0.05) is 5.16 Å². The summed E-state index contributed by atoms with van der Waals surface area (Å²) in [7, 11) is -3.51. The summed E-state index contributed by atoms with van der Waals surface area (Å²) in [6.45, 7) is 0.206. The van der Waals surface area contributed by atoms with Crippen molar-refractivity contribution >= 4 is 15.8 Å². The van der Waals surface area contributed by atoms with Gasteiger partial charge in [0.2, 0.25) is 5.88 Å². The summed E-state index contributed by atoms with van der Waals surface area (Å²) < 4.78 is 32.1. The summed E-state index contributed by atoms with van der Waals surface area (Å²) in [4.78, 5) is 13.4. The van der Waals surface area contributed by atoms with Gasteiger partial charge in [0.25, 0.3) is 10.1 Å². The lowest BCUT2D eigenvalue weighted by Gasteiger charge is -2.22. The van der Waals surface area contributed by atoms with Crippen LogP contribution in [0.25, 0.3) is 0 Å². The number of oxime groups is 1. The van der Waals surface area contributed by atoms with E-state index in [1.54, 1.807) is 0 Å². The molecule has 0 amide bonds. The maximum absolute atomic E-state index is 11.0. The summed E-state index contributed by atoms with van der Waals surface area (Å²) in [5, 5.41) is 3.94. The van der Waals surface area contributed by atoms with E-state index in [9.17, 15) is 8.42 Å². The second kappa shape index (κ2) is 4.42. The number of ether oxygens (including phenoxy) is 1. The highest BCUT2D eigenvalue weighted by Crippen LogP contribution is 2.31. The number of fused-ring (bicyclic) bond motifs is 3. The van der Waals surface area contributed by atoms with Crippen LogP contribution >= 0.6 is 0 Å². The highest BCUT2D eigenvalue weighted by molar-refractivity contribution is 7.85. The molecule has 2 atom stereocenters. The van der Waals surface area contributed by atoms with Gasteiger partial charge in [-0.25, -0.2) is 9.97 Å². The minimum atomic E-state index is -3.51. The van der Waals surface area contributed by atoms with Crippen molar-refractivity contribution in [2.45, 2.75) is 6.10 Å². The Balaban J connectivity index is 1.78. The van der Waals surface area contributed by atoms with Gasteiger partial charge >= 0.3 is 0 Å². The lowest BCUT2D eigenvalue weighted by molar-refractivity contribution is 0.0171. The first-order valence-electron chi connectivity index (χ1n) is 5.57. The molecule has 2 aliphatic heterocycles. The van der Waals surface area contributed by atoms with Gasteiger partial charge in [-0.2, -0.15) is 8.42 Å². The fourth-order valence-electron chi connectivity index (χ4n) is 1.96. The highest BCUT2D eigenvalue weighted by Gasteiger charge is 2.41. The zero-order valence-electron chi connectivity index (χ0n) is 10.0. The molecule has 3 rings (SSSR count). The number of rotatable bonds is 3. The summed E-state index contributed by atoms with van der Waals surface area (Å²) >= 11 is 0. The normalized spacial score (nSPS) is 24.8. The molecular weight excluding hydrogens is 274 g/mol. The highest BCUT2D eigenvalue weighted by atomic mass is 32.2. The Bertz CT molecular complexity index is 630. The maximum atomic E-state index is 11.0. The van der Waals surface area contributed by atoms with Crippen LogP contribution in [0.1, 0.15) is 5.69 Å². The molecule has 9 heteroatoms. The molecule has 2 unspecified atom stereocenters. The van der Waals surface area contributed by atoms with Crippen LogP contribution in [0.5, 0.6) is 5.88 Å². The van der Waals surface area contributed by atoms with Crippen molar-refractivity contribution in [1.82, 2.24) is 9.97 Å². The average molecular weight is 285 g/mol. The third kappa shape index (κ3) is 2.38. The van der Waals surface area contributed by atoms with E-state index in [-0.39, 0.29) is 12.5 Å². The first-order chi connectivity index (χ1) is 9.04. The molecule has 0 aromatic carbocycles. The first-order valence-corrected chi connectivity index (χ1v) is 7.38. The van der Waals surface area contributed by atoms with Crippen molar-refractivity contribution in [3.63, 3.8) is 0 Å². The van der Waals surface area contributed by atoms with Crippen molar-refractivity contribution in [3.05, 3.63) is 18.1 Å². The van der Waals surface area contributed by atoms with E-state index < -0.39 is 16.2 Å². The number of nitrogens with zero attached hydrogens (tertiary/aromatic N) is 3. The van der Waals surface area contributed by atoms with Gasteiger partial charge in [-0.05, 0) is 0 Å². The van der Waals surface area contributed by atoms with Gasteiger partial charge in [0.15, 0.2) is 11.8 Å². The predicted molar refractivity (Wildman–Crippen MR) is 63.2 cm³/mol. The lowest BCUT2D eigenvalue weighted by Crippen LogP contribution is -2.37. The Labute approximate surface area is 109 Å². The van der Waals surface area contributed by atoms with Crippen molar-refractivity contribution < 1.29 is 22.2 Å². The van der Waals surface area contributed by atoms with Gasteiger partial charge < -0.3 is 9.57 Å². The van der Waals surface area contributed by atoms with Crippen LogP contribution in [-0.2, 0) is 19.1 Å². The largest absolute Gasteiger partial charge is 0.475 e. The topological polar surface area (TPSA) is 100.0 Å². The van der Waals surface area contributed by atoms with Gasteiger partial charge in [-0.3, -0.25) is 4.18 Å². The Morgan fingerprint density at radius 2 is 2.21 bits per heavy atom. The average Bonchev–Trinajstić information content (AvgIpc) is 2.79. The fourth-order valence-corrected chi connectivity index (χ4v) is 2.34. The molecule has 102 valence electrons. The minimum Gasteiger partial charge on any atom is -0.475 e. The van der Waals surface area contributed by atoms with E-state index in [0.29, 0.717) is 23.9 Å². The zero-order chi connectivity index (χ0) is 13.5. The van der Waals surface area contributed by atoms with E-state index in [1.165, 1.54) is 12.4 Å². The van der Waals surface area contributed by atoms with Gasteiger partial charge in [0.1, 0.15) is 18.9 Å². The zero-order valence-corrected chi connectivity index (χ0v) is 10.8. The number of aromatic nitrogens is 2. The summed E-state index contributed by atoms with van der Waals surface area (Å²) in [5.74, 6) is 0.205. The molecule has 0 fully saturated rings. The second-order valence-corrected chi connectivity index (χ2v) is 5.88. The SMILES string of the molecule is CS(=O)(=O)OCC1ON=C2c3nccnc3OCC21. The third-order valence-corrected chi connectivity index (χ3v) is 3.40. The molecular formula is C10H11N3O5S. The molecule has 8 nitrogen and oxygen atoms in total. The molecule has 0 saturated carbocycles. The predicted octanol–water partition coefficient (Wildman–Crippen LogP) is -0.436. The minimum absolute atomic E-state index is 0.102. The van der Waals surface area contributed by atoms with Crippen LogP contribution in [0.2, 0.25) is 0 Å². The van der Waals surface area contributed by atoms with Crippen molar-refractivity contribution in [3.8, 4) is 5.88 Å². The second-order valence-electron chi connectivity index (χ2n) is 4.24. The molecule has 0 N–H and O–H groups in total. The van der Waals surface area contributed by atoms with Crippen molar-refractivity contribution in [2.24, 2.45) is 11.1 Å². The van der Waals surface area contributed by atoms with Crippen molar-refractivity contribution in [1.29, 1.82) is 0 Å². The molecule has 2 aliphatic rings. The van der Waals surface area contributed by atoms with Crippen molar-refractivity contribution in [2.75, 3.05) is 19.5 Å². The van der Waals surface area contributed by atoms with E-state index in [4.69, 9.17) is 13.8 Å². The third-order valence-electron chi connectivity index (χ3n) is 2.84.